The lowest BCUT2D eigenvalue weighted by molar-refractivity contribution is -0.137. The van der Waals surface area contributed by atoms with Gasteiger partial charge in [0, 0.05) is 6.42 Å². The average molecular weight is 248 g/mol. The molecule has 96 valence electrons. The third-order valence-electron chi connectivity index (χ3n) is 2.39. The summed E-state index contributed by atoms with van der Waals surface area (Å²) in [6.07, 6.45) is 7.04. The van der Waals surface area contributed by atoms with Crippen LogP contribution in [-0.4, -0.2) is 23.6 Å². The molecule has 0 radical (unpaired) electrons. The van der Waals surface area contributed by atoms with Crippen molar-refractivity contribution in [2.24, 2.45) is 0 Å². The monoisotopic (exact) mass is 248 g/mol. The van der Waals surface area contributed by atoms with Gasteiger partial charge >= 0.3 is 12.2 Å². The van der Waals surface area contributed by atoms with Crippen LogP contribution in [0.5, 0.6) is 0 Å². The Labute approximate surface area is 106 Å². The number of aryl methyl sites for hydroxylation is 1. The quantitative estimate of drug-likeness (QED) is 0.244. The lowest BCUT2D eigenvalue weighted by atomic mass is 10.1. The topological polar surface area (TPSA) is 75.8 Å². The van der Waals surface area contributed by atoms with Crippen LogP contribution < -0.4 is 0 Å². The van der Waals surface area contributed by atoms with Crippen molar-refractivity contribution in [3.8, 4) is 0 Å². The number of carbonyl (C=O) groups is 1. The minimum absolute atomic E-state index is 0.192. The smallest absolute Gasteiger partial charge is 0.413 e. The number of hydrogen-bond acceptors (Lipinski definition) is 3. The van der Waals surface area contributed by atoms with Gasteiger partial charge in [-0.25, -0.2) is 4.79 Å². The van der Waals surface area contributed by atoms with Crippen molar-refractivity contribution in [2.75, 3.05) is 6.61 Å². The Kier molecular flexibility index (Phi) is 6.22. The molecule has 1 aromatic heterocycles. The van der Waals surface area contributed by atoms with Crippen LogP contribution >= 0.6 is 0 Å². The highest BCUT2D eigenvalue weighted by molar-refractivity contribution is 6.20. The molecule has 0 atom stereocenters. The summed E-state index contributed by atoms with van der Waals surface area (Å²) in [5.74, 6) is 0.325. The molecule has 1 aromatic rings. The van der Waals surface area contributed by atoms with Gasteiger partial charge in [0.25, 0.3) is 0 Å². The molecule has 0 amide bonds. The summed E-state index contributed by atoms with van der Waals surface area (Å²) >= 11 is 0. The molecule has 1 rings (SSSR count). The standard InChI is InChI=1S/C13H16N2O3/c1-11(7-9-18-13(16)10-15-14)4-2-5-12-6-3-8-17-12/h3,6-8,10H,2,4-5,9H2,1H3/b11-7-. The van der Waals surface area contributed by atoms with Crippen molar-refractivity contribution < 1.29 is 18.7 Å². The van der Waals surface area contributed by atoms with Crippen LogP contribution in [0.2, 0.25) is 0 Å². The van der Waals surface area contributed by atoms with Gasteiger partial charge in [-0.05, 0) is 38.0 Å². The van der Waals surface area contributed by atoms with Crippen LogP contribution in [0.4, 0.5) is 0 Å². The highest BCUT2D eigenvalue weighted by Gasteiger charge is 2.01. The minimum Gasteiger partial charge on any atom is -0.469 e. The fourth-order valence-corrected chi connectivity index (χ4v) is 1.45. The van der Waals surface area contributed by atoms with Crippen molar-refractivity contribution in [1.82, 2.24) is 0 Å². The number of rotatable bonds is 7. The fourth-order valence-electron chi connectivity index (χ4n) is 1.45. The van der Waals surface area contributed by atoms with E-state index >= 15 is 0 Å². The molecule has 0 aliphatic carbocycles. The van der Waals surface area contributed by atoms with Crippen LogP contribution in [0.25, 0.3) is 5.53 Å². The Morgan fingerprint density at radius 1 is 1.61 bits per heavy atom. The highest BCUT2D eigenvalue weighted by atomic mass is 16.5. The molecule has 0 aliphatic heterocycles. The molecule has 0 aromatic carbocycles. The maximum Gasteiger partial charge on any atom is 0.413 e. The molecule has 5 heteroatoms. The molecule has 18 heavy (non-hydrogen) atoms. The van der Waals surface area contributed by atoms with E-state index in [1.807, 2.05) is 25.1 Å². The first-order valence-corrected chi connectivity index (χ1v) is 5.74. The summed E-state index contributed by atoms with van der Waals surface area (Å²) in [5, 5.41) is 0. The summed E-state index contributed by atoms with van der Waals surface area (Å²) in [6.45, 7) is 2.17. The number of ether oxygens (including phenoxy) is 1. The van der Waals surface area contributed by atoms with Crippen LogP contribution in [0.1, 0.15) is 25.5 Å². The number of esters is 1. The zero-order valence-electron chi connectivity index (χ0n) is 10.3. The van der Waals surface area contributed by atoms with Crippen molar-refractivity contribution in [3.63, 3.8) is 0 Å². The highest BCUT2D eigenvalue weighted by Crippen LogP contribution is 2.10. The van der Waals surface area contributed by atoms with E-state index in [1.165, 1.54) is 0 Å². The van der Waals surface area contributed by atoms with E-state index in [0.29, 0.717) is 0 Å². The lowest BCUT2D eigenvalue weighted by Gasteiger charge is -2.00. The molecular formula is C13H16N2O3. The Morgan fingerprint density at radius 3 is 3.11 bits per heavy atom. The van der Waals surface area contributed by atoms with Crippen LogP contribution in [0.15, 0.2) is 34.5 Å². The number of nitrogens with zero attached hydrogens (tertiary/aromatic N) is 2. The molecule has 5 nitrogen and oxygen atoms in total. The van der Waals surface area contributed by atoms with Gasteiger partial charge in [-0.15, -0.1) is 0 Å². The maximum atomic E-state index is 10.8. The molecule has 0 spiro atoms. The zero-order valence-corrected chi connectivity index (χ0v) is 10.3. The van der Waals surface area contributed by atoms with Gasteiger partial charge < -0.3 is 14.7 Å². The average Bonchev–Trinajstić information content (AvgIpc) is 2.82. The largest absolute Gasteiger partial charge is 0.469 e. The first-order chi connectivity index (χ1) is 8.72. The SMILES string of the molecule is C/C(=C/COC(=O)C=[N+]=[N-])CCCc1ccco1. The molecular weight excluding hydrogens is 232 g/mol. The Morgan fingerprint density at radius 2 is 2.44 bits per heavy atom. The van der Waals surface area contributed by atoms with E-state index in [2.05, 4.69) is 4.79 Å². The maximum absolute atomic E-state index is 10.8. The van der Waals surface area contributed by atoms with Gasteiger partial charge in [0.1, 0.15) is 12.4 Å². The van der Waals surface area contributed by atoms with Crippen LogP contribution in [-0.2, 0) is 16.0 Å². The third-order valence-corrected chi connectivity index (χ3v) is 2.39. The van der Waals surface area contributed by atoms with Gasteiger partial charge in [-0.1, -0.05) is 5.57 Å². The molecule has 0 saturated carbocycles. The van der Waals surface area contributed by atoms with Gasteiger partial charge in [-0.2, -0.15) is 4.79 Å². The molecule has 0 bridgehead atoms. The van der Waals surface area contributed by atoms with Gasteiger partial charge in [0.2, 0.25) is 0 Å². The summed E-state index contributed by atoms with van der Waals surface area (Å²) in [5.41, 5.74) is 9.24. The predicted molar refractivity (Wildman–Crippen MR) is 66.0 cm³/mol. The zero-order chi connectivity index (χ0) is 13.2. The summed E-state index contributed by atoms with van der Waals surface area (Å²) in [6, 6.07) is 3.83. The Hall–Kier alpha value is -2.13. The molecule has 0 fully saturated rings. The second-order valence-corrected chi connectivity index (χ2v) is 3.86. The summed E-state index contributed by atoms with van der Waals surface area (Å²) < 4.78 is 9.99. The number of carbonyl (C=O) groups excluding carboxylic acids is 1. The van der Waals surface area contributed by atoms with E-state index in [9.17, 15) is 4.79 Å². The van der Waals surface area contributed by atoms with Gasteiger partial charge in [-0.3, -0.25) is 0 Å². The third kappa shape index (κ3) is 5.82. The molecule has 0 aliphatic rings. The Balaban J connectivity index is 2.17. The molecule has 1 heterocycles. The van der Waals surface area contributed by atoms with E-state index < -0.39 is 5.97 Å². The van der Waals surface area contributed by atoms with E-state index in [0.717, 1.165) is 36.8 Å². The first kappa shape index (κ1) is 13.9. The number of allylic oxidation sites excluding steroid dienone is 1. The van der Waals surface area contributed by atoms with Crippen molar-refractivity contribution in [3.05, 3.63) is 41.3 Å². The summed E-state index contributed by atoms with van der Waals surface area (Å²) in [7, 11) is 0. The van der Waals surface area contributed by atoms with E-state index in [-0.39, 0.29) is 6.61 Å². The molecule has 0 N–H and O–H groups in total. The first-order valence-electron chi connectivity index (χ1n) is 5.74. The van der Waals surface area contributed by atoms with Crippen molar-refractivity contribution in [1.29, 1.82) is 0 Å². The van der Waals surface area contributed by atoms with Crippen molar-refractivity contribution >= 4 is 12.2 Å². The van der Waals surface area contributed by atoms with Crippen LogP contribution in [0, 0.1) is 0 Å². The summed E-state index contributed by atoms with van der Waals surface area (Å²) in [4.78, 5) is 13.4. The molecule has 0 unspecified atom stereocenters. The van der Waals surface area contributed by atoms with Gasteiger partial charge in [0.15, 0.2) is 0 Å². The fraction of sp³-hybridized carbons (Fsp3) is 0.385. The minimum atomic E-state index is -0.655. The van der Waals surface area contributed by atoms with Gasteiger partial charge in [0.05, 0.1) is 6.26 Å². The van der Waals surface area contributed by atoms with E-state index in [1.54, 1.807) is 6.26 Å². The number of furan rings is 1. The number of hydrogen-bond donors (Lipinski definition) is 0. The van der Waals surface area contributed by atoms with Crippen LogP contribution in [0.3, 0.4) is 0 Å². The second-order valence-electron chi connectivity index (χ2n) is 3.86. The Bertz CT molecular complexity index is 443. The van der Waals surface area contributed by atoms with Crippen molar-refractivity contribution in [2.45, 2.75) is 26.2 Å². The normalized spacial score (nSPS) is 10.8. The second kappa shape index (κ2) is 8.03. The predicted octanol–water partition coefficient (Wildman–Crippen LogP) is 2.39. The van der Waals surface area contributed by atoms with E-state index in [4.69, 9.17) is 14.7 Å². The molecule has 0 saturated heterocycles. The lowest BCUT2D eigenvalue weighted by Crippen LogP contribution is -2.06.